The van der Waals surface area contributed by atoms with Gasteiger partial charge in [-0.25, -0.2) is 18.4 Å². The second kappa shape index (κ2) is 10.7. The molecular formula is C16H10N4Na2O6S2. The number of imidazole rings is 2. The fourth-order valence-electron chi connectivity index (χ4n) is 2.59. The molecule has 0 radical (unpaired) electrons. The van der Waals surface area contributed by atoms with Gasteiger partial charge < -0.3 is 19.8 Å². The predicted octanol–water partition coefficient (Wildman–Crippen LogP) is -4.25. The molecule has 0 aliphatic carbocycles. The standard InChI is InChI=1S/C16H12N4O6S2.2Na/c21-25-26-27-9-1-3-11-13(7-9)19-15(17-11)5-6-16-18-12-4-2-10(28(22,23)24)8-14(12)20-16;;/h1-8,21H,(H,17,19)(H,18,20)(H,22,23,24);;/q;2*+1/p-2. The predicted molar refractivity (Wildman–Crippen MR) is 97.1 cm³/mol. The van der Waals surface area contributed by atoms with Gasteiger partial charge >= 0.3 is 59.1 Å². The van der Waals surface area contributed by atoms with Gasteiger partial charge in [0, 0.05) is 4.90 Å². The van der Waals surface area contributed by atoms with Crippen molar-refractivity contribution in [3.05, 3.63) is 48.0 Å². The van der Waals surface area contributed by atoms with Crippen molar-refractivity contribution in [1.82, 2.24) is 19.9 Å². The van der Waals surface area contributed by atoms with E-state index >= 15 is 0 Å². The number of fused-ring (bicyclic) bond motifs is 2. The molecule has 2 aromatic carbocycles. The van der Waals surface area contributed by atoms with E-state index in [0.717, 1.165) is 17.6 Å². The molecule has 0 spiro atoms. The monoisotopic (exact) mass is 464 g/mol. The molecule has 2 N–H and O–H groups in total. The molecular weight excluding hydrogens is 454 g/mol. The van der Waals surface area contributed by atoms with Crippen LogP contribution in [0.4, 0.5) is 0 Å². The average Bonchev–Trinajstić information content (AvgIpc) is 3.25. The van der Waals surface area contributed by atoms with Crippen molar-refractivity contribution in [3.8, 4) is 0 Å². The Bertz CT molecular complexity index is 1310. The van der Waals surface area contributed by atoms with Gasteiger partial charge in [-0.1, -0.05) is 0 Å². The summed E-state index contributed by atoms with van der Waals surface area (Å²) >= 11 is 0.779. The summed E-state index contributed by atoms with van der Waals surface area (Å²) in [5.41, 5.74) is 2.40. The van der Waals surface area contributed by atoms with Gasteiger partial charge in [0.05, 0.1) is 39.0 Å². The molecule has 2 aromatic heterocycles. The van der Waals surface area contributed by atoms with Crippen LogP contribution in [-0.2, 0) is 19.5 Å². The summed E-state index contributed by atoms with van der Waals surface area (Å²) in [6.45, 7) is 0. The summed E-state index contributed by atoms with van der Waals surface area (Å²) < 4.78 is 37.6. The smallest absolute Gasteiger partial charge is 0.744 e. The molecule has 4 aromatic rings. The Morgan fingerprint density at radius 2 is 1.50 bits per heavy atom. The Hall–Kier alpha value is -0.740. The zero-order valence-corrected chi connectivity index (χ0v) is 21.4. The molecule has 0 aliphatic rings. The molecule has 0 aliphatic heterocycles. The maximum absolute atomic E-state index is 11.1. The maximum atomic E-state index is 11.1. The number of hydrogen-bond acceptors (Lipinski definition) is 9. The number of nitrogens with one attached hydrogen (secondary N) is 2. The molecule has 14 heteroatoms. The average molecular weight is 464 g/mol. The van der Waals surface area contributed by atoms with Crippen LogP contribution >= 0.6 is 12.0 Å². The number of benzene rings is 2. The van der Waals surface area contributed by atoms with Gasteiger partial charge in [-0.3, -0.25) is 5.04 Å². The number of aromatic amines is 2. The maximum Gasteiger partial charge on any atom is 1.00 e. The van der Waals surface area contributed by atoms with E-state index in [1.165, 1.54) is 18.2 Å². The number of H-pyrrole nitrogens is 2. The normalized spacial score (nSPS) is 11.7. The van der Waals surface area contributed by atoms with Crippen LogP contribution in [0.25, 0.3) is 34.2 Å². The second-order valence-electron chi connectivity index (χ2n) is 5.61. The number of hydrogen-bond donors (Lipinski definition) is 2. The van der Waals surface area contributed by atoms with Gasteiger partial charge in [0.15, 0.2) is 0 Å². The van der Waals surface area contributed by atoms with Gasteiger partial charge in [0.25, 0.3) is 0 Å². The van der Waals surface area contributed by atoms with Crippen LogP contribution < -0.4 is 64.4 Å². The summed E-state index contributed by atoms with van der Waals surface area (Å²) in [7, 11) is -4.53. The third-order valence-corrected chi connectivity index (χ3v) is 5.19. The Balaban J connectivity index is 0.00000160. The molecule has 0 saturated carbocycles. The van der Waals surface area contributed by atoms with E-state index in [9.17, 15) is 18.2 Å². The van der Waals surface area contributed by atoms with E-state index in [1.54, 1.807) is 30.4 Å². The van der Waals surface area contributed by atoms with Crippen molar-refractivity contribution >= 4 is 56.4 Å². The van der Waals surface area contributed by atoms with Crippen LogP contribution in [0.1, 0.15) is 11.6 Å². The van der Waals surface area contributed by atoms with E-state index in [4.69, 9.17) is 0 Å². The first-order valence-corrected chi connectivity index (χ1v) is 9.84. The Morgan fingerprint density at radius 1 is 0.933 bits per heavy atom. The molecule has 0 amide bonds. The van der Waals surface area contributed by atoms with E-state index in [-0.39, 0.29) is 64.0 Å². The largest absolute Gasteiger partial charge is 1.00 e. The third kappa shape index (κ3) is 5.94. The number of rotatable bonds is 6. The summed E-state index contributed by atoms with van der Waals surface area (Å²) in [4.78, 5) is 15.1. The van der Waals surface area contributed by atoms with Crippen molar-refractivity contribution in [1.29, 1.82) is 0 Å². The fourth-order valence-corrected chi connectivity index (χ4v) is 3.49. The minimum atomic E-state index is -4.53. The first-order chi connectivity index (χ1) is 13.4. The topological polar surface area (TPSA) is 156 Å². The van der Waals surface area contributed by atoms with Gasteiger partial charge in [-0.05, 0) is 48.6 Å². The summed E-state index contributed by atoms with van der Waals surface area (Å²) in [5.74, 6) is 1.02. The molecule has 10 nitrogen and oxygen atoms in total. The van der Waals surface area contributed by atoms with E-state index in [1.807, 2.05) is 0 Å². The second-order valence-corrected chi connectivity index (χ2v) is 7.76. The van der Waals surface area contributed by atoms with Gasteiger partial charge in [0.1, 0.15) is 21.8 Å². The molecule has 144 valence electrons. The van der Waals surface area contributed by atoms with Crippen molar-refractivity contribution in [2.24, 2.45) is 0 Å². The Morgan fingerprint density at radius 3 is 2.07 bits per heavy atom. The third-order valence-electron chi connectivity index (χ3n) is 3.79. The fraction of sp³-hybridized carbons (Fsp3) is 0. The Kier molecular flexibility index (Phi) is 9.12. The Labute approximate surface area is 218 Å². The van der Waals surface area contributed by atoms with Crippen LogP contribution in [0.2, 0.25) is 0 Å². The van der Waals surface area contributed by atoms with Crippen molar-refractivity contribution in [3.63, 3.8) is 0 Å². The first-order valence-electron chi connectivity index (χ1n) is 7.69. The van der Waals surface area contributed by atoms with Crippen molar-refractivity contribution in [2.75, 3.05) is 0 Å². The number of aromatic nitrogens is 4. The summed E-state index contributed by atoms with van der Waals surface area (Å²) in [6.07, 6.45) is 3.35. The van der Waals surface area contributed by atoms with E-state index in [2.05, 4.69) is 29.3 Å². The molecule has 0 fully saturated rings. The minimum absolute atomic E-state index is 0. The minimum Gasteiger partial charge on any atom is -0.744 e. The molecule has 0 atom stereocenters. The van der Waals surface area contributed by atoms with Crippen molar-refractivity contribution in [2.45, 2.75) is 9.79 Å². The summed E-state index contributed by atoms with van der Waals surface area (Å²) in [5, 5.41) is 13.2. The van der Waals surface area contributed by atoms with Crippen LogP contribution in [0, 0.1) is 0 Å². The van der Waals surface area contributed by atoms with Crippen LogP contribution in [-0.4, -0.2) is 32.9 Å². The van der Waals surface area contributed by atoms with Crippen LogP contribution in [0.3, 0.4) is 0 Å². The summed E-state index contributed by atoms with van der Waals surface area (Å²) in [6, 6.07) is 9.15. The van der Waals surface area contributed by atoms with Crippen LogP contribution in [0.15, 0.2) is 46.2 Å². The van der Waals surface area contributed by atoms with Gasteiger partial charge in [0.2, 0.25) is 0 Å². The van der Waals surface area contributed by atoms with Gasteiger partial charge in [-0.15, -0.1) is 0 Å². The molecule has 0 unspecified atom stereocenters. The van der Waals surface area contributed by atoms with E-state index < -0.39 is 10.1 Å². The van der Waals surface area contributed by atoms with Crippen molar-refractivity contribution < 1.29 is 86.7 Å². The molecule has 0 saturated heterocycles. The molecule has 4 rings (SSSR count). The molecule has 0 bridgehead atoms. The first kappa shape index (κ1) is 25.5. The SMILES string of the molecule is O=S(=O)([O-])c1ccc2nc(C=Cc3nc4ccc(SOO[O-])cc4[nH]3)[nH]c2c1.[Na+].[Na+]. The van der Waals surface area contributed by atoms with E-state index in [0.29, 0.717) is 33.1 Å². The zero-order valence-electron chi connectivity index (χ0n) is 15.8. The quantitative estimate of drug-likeness (QED) is 0.0949. The van der Waals surface area contributed by atoms with Gasteiger partial charge in [-0.2, -0.15) is 4.33 Å². The number of nitrogens with zero attached hydrogens (tertiary/aromatic N) is 2. The molecule has 2 heterocycles. The van der Waals surface area contributed by atoms with Crippen LogP contribution in [0.5, 0.6) is 0 Å². The molecule has 30 heavy (non-hydrogen) atoms. The zero-order chi connectivity index (χ0) is 19.7.